The van der Waals surface area contributed by atoms with Crippen LogP contribution in [-0.4, -0.2) is 18.0 Å². The lowest BCUT2D eigenvalue weighted by molar-refractivity contribution is -0.339. The van der Waals surface area contributed by atoms with Gasteiger partial charge in [-0.25, -0.2) is 0 Å². The number of hydrogen-bond acceptors (Lipinski definition) is 0. The Morgan fingerprint density at radius 2 is 1.27 bits per heavy atom. The molecule has 2 aromatic carbocycles. The van der Waals surface area contributed by atoms with Gasteiger partial charge >= 0.3 is 18.0 Å². The summed E-state index contributed by atoms with van der Waals surface area (Å²) in [6.07, 6.45) is -6.42. The first-order valence-corrected chi connectivity index (χ1v) is 9.22. The van der Waals surface area contributed by atoms with Crippen LogP contribution in [0.15, 0.2) is 30.3 Å². The molecule has 0 unspecified atom stereocenters. The molecule has 0 aliphatic carbocycles. The Hall–Kier alpha value is -2.23. The van der Waals surface area contributed by atoms with Crippen LogP contribution in [0.1, 0.15) is 58.2 Å². The van der Waals surface area contributed by atoms with Gasteiger partial charge in [0.2, 0.25) is 0 Å². The van der Waals surface area contributed by atoms with Crippen LogP contribution in [0, 0.1) is 11.8 Å². The van der Waals surface area contributed by atoms with Crippen LogP contribution in [0.25, 0.3) is 10.8 Å². The number of fused-ring (bicyclic) bond motifs is 1. The maximum absolute atomic E-state index is 13.8. The highest BCUT2D eigenvalue weighted by atomic mass is 19.4. The highest BCUT2D eigenvalue weighted by Crippen LogP contribution is 2.46. The molecule has 0 radical (unpaired) electrons. The second kappa shape index (κ2) is 7.18. The summed E-state index contributed by atoms with van der Waals surface area (Å²) in [5.74, 6) is -8.96. The lowest BCUT2D eigenvalue weighted by Crippen LogP contribution is -2.51. The SMILES string of the molecule is CC(C)(C)c1ccc2c(C#CC(F)(F)C(F)(F)C(F)(F)F)c(C(C)(C)C)ccc2c1. The molecular weight excluding hydrogens is 409 g/mol. The number of hydrogen-bond donors (Lipinski definition) is 0. The molecule has 164 valence electrons. The molecule has 0 saturated carbocycles. The third-order valence-electron chi connectivity index (χ3n) is 4.79. The van der Waals surface area contributed by atoms with Crippen LogP contribution in [0.5, 0.6) is 0 Å². The Morgan fingerprint density at radius 3 is 1.73 bits per heavy atom. The van der Waals surface area contributed by atoms with Gasteiger partial charge < -0.3 is 0 Å². The van der Waals surface area contributed by atoms with Crippen LogP contribution >= 0.6 is 0 Å². The van der Waals surface area contributed by atoms with Crippen LogP contribution in [0.3, 0.4) is 0 Å². The van der Waals surface area contributed by atoms with Gasteiger partial charge in [0.25, 0.3) is 0 Å². The smallest absolute Gasteiger partial charge is 0.188 e. The first kappa shape index (κ1) is 24.0. The predicted molar refractivity (Wildman–Crippen MR) is 104 cm³/mol. The summed E-state index contributed by atoms with van der Waals surface area (Å²) >= 11 is 0. The van der Waals surface area contributed by atoms with Gasteiger partial charge in [0, 0.05) is 5.56 Å². The summed E-state index contributed by atoms with van der Waals surface area (Å²) in [5, 5.41) is 1.04. The number of rotatable bonds is 1. The summed E-state index contributed by atoms with van der Waals surface area (Å²) in [6.45, 7) is 11.3. The fourth-order valence-electron chi connectivity index (χ4n) is 2.95. The molecule has 0 amide bonds. The highest BCUT2D eigenvalue weighted by Gasteiger charge is 2.72. The van der Waals surface area contributed by atoms with E-state index in [0.717, 1.165) is 11.5 Å². The van der Waals surface area contributed by atoms with E-state index < -0.39 is 23.4 Å². The van der Waals surface area contributed by atoms with E-state index in [1.165, 1.54) is 0 Å². The Balaban J connectivity index is 2.78. The quantitative estimate of drug-likeness (QED) is 0.321. The fourth-order valence-corrected chi connectivity index (χ4v) is 2.95. The van der Waals surface area contributed by atoms with Crippen molar-refractivity contribution in [2.45, 2.75) is 70.4 Å². The van der Waals surface area contributed by atoms with E-state index in [0.29, 0.717) is 16.3 Å². The van der Waals surface area contributed by atoms with Crippen LogP contribution in [-0.2, 0) is 10.8 Å². The van der Waals surface area contributed by atoms with Gasteiger partial charge in [-0.1, -0.05) is 77.8 Å². The standard InChI is InChI=1S/C23H23F7/c1-19(2,3)15-8-9-16-14(13-15)7-10-18(20(4,5)6)17(16)11-12-21(24,25)22(26,27)23(28,29)30/h7-10,13H,1-6H3. The van der Waals surface area contributed by atoms with Crippen molar-refractivity contribution in [2.24, 2.45) is 0 Å². The molecule has 2 rings (SSSR count). The molecule has 0 aliphatic heterocycles. The first-order chi connectivity index (χ1) is 13.3. The van der Waals surface area contributed by atoms with Crippen molar-refractivity contribution in [3.8, 4) is 11.8 Å². The summed E-state index contributed by atoms with van der Waals surface area (Å²) in [7, 11) is 0. The lowest BCUT2D eigenvalue weighted by atomic mass is 9.80. The zero-order valence-corrected chi connectivity index (χ0v) is 17.5. The molecule has 0 aromatic heterocycles. The normalized spacial score (nSPS) is 13.9. The summed E-state index contributed by atoms with van der Waals surface area (Å²) in [4.78, 5) is 0. The average molecular weight is 432 g/mol. The Kier molecular flexibility index (Phi) is 5.75. The Bertz CT molecular complexity index is 1000. The molecule has 7 heteroatoms. The van der Waals surface area contributed by atoms with Crippen molar-refractivity contribution in [3.63, 3.8) is 0 Å². The fraction of sp³-hybridized carbons (Fsp3) is 0.478. The Labute approximate surface area is 171 Å². The van der Waals surface area contributed by atoms with Crippen LogP contribution < -0.4 is 0 Å². The predicted octanol–water partition coefficient (Wildman–Crippen LogP) is 7.62. The van der Waals surface area contributed by atoms with E-state index >= 15 is 0 Å². The van der Waals surface area contributed by atoms with Crippen molar-refractivity contribution >= 4 is 10.8 Å². The summed E-state index contributed by atoms with van der Waals surface area (Å²) in [6, 6.07) is 8.63. The zero-order valence-electron chi connectivity index (χ0n) is 17.5. The van der Waals surface area contributed by atoms with Gasteiger partial charge in [-0.3, -0.25) is 0 Å². The number of halogens is 7. The van der Waals surface area contributed by atoms with Gasteiger partial charge in [0.15, 0.2) is 0 Å². The average Bonchev–Trinajstić information content (AvgIpc) is 2.56. The number of benzene rings is 2. The van der Waals surface area contributed by atoms with Gasteiger partial charge in [-0.15, -0.1) is 0 Å². The van der Waals surface area contributed by atoms with Crippen molar-refractivity contribution in [1.29, 1.82) is 0 Å². The van der Waals surface area contributed by atoms with Crippen molar-refractivity contribution in [3.05, 3.63) is 47.0 Å². The molecular formula is C23H23F7. The second-order valence-electron chi connectivity index (χ2n) is 9.32. The molecule has 2 aromatic rings. The summed E-state index contributed by atoms with van der Waals surface area (Å²) < 4.78 is 91.4. The molecule has 0 spiro atoms. The van der Waals surface area contributed by atoms with Crippen molar-refractivity contribution in [2.75, 3.05) is 0 Å². The molecule has 0 heterocycles. The van der Waals surface area contributed by atoms with Gasteiger partial charge in [-0.05, 0) is 38.6 Å². The summed E-state index contributed by atoms with van der Waals surface area (Å²) in [5.41, 5.74) is 0.620. The zero-order chi connectivity index (χ0) is 23.3. The molecule has 0 fully saturated rings. The molecule has 0 nitrogen and oxygen atoms in total. The lowest BCUT2D eigenvalue weighted by Gasteiger charge is -2.25. The largest absolute Gasteiger partial charge is 0.461 e. The maximum Gasteiger partial charge on any atom is 0.461 e. The van der Waals surface area contributed by atoms with E-state index in [-0.39, 0.29) is 11.0 Å². The first-order valence-electron chi connectivity index (χ1n) is 9.22. The minimum atomic E-state index is -6.42. The molecule has 0 aliphatic rings. The van der Waals surface area contributed by atoms with Gasteiger partial charge in [-0.2, -0.15) is 30.7 Å². The topological polar surface area (TPSA) is 0 Å². The van der Waals surface area contributed by atoms with Crippen LogP contribution in [0.2, 0.25) is 0 Å². The maximum atomic E-state index is 13.8. The number of alkyl halides is 7. The van der Waals surface area contributed by atoms with Gasteiger partial charge in [0.1, 0.15) is 0 Å². The third kappa shape index (κ3) is 4.43. The van der Waals surface area contributed by atoms with Gasteiger partial charge in [0.05, 0.1) is 0 Å². The molecule has 0 saturated heterocycles. The third-order valence-corrected chi connectivity index (χ3v) is 4.79. The molecule has 30 heavy (non-hydrogen) atoms. The minimum absolute atomic E-state index is 0.0121. The van der Waals surface area contributed by atoms with Crippen LogP contribution in [0.4, 0.5) is 30.7 Å². The van der Waals surface area contributed by atoms with Crippen molar-refractivity contribution < 1.29 is 30.7 Å². The van der Waals surface area contributed by atoms with E-state index in [1.54, 1.807) is 45.0 Å². The van der Waals surface area contributed by atoms with E-state index in [9.17, 15) is 30.7 Å². The van der Waals surface area contributed by atoms with E-state index in [2.05, 4.69) is 0 Å². The monoisotopic (exact) mass is 432 g/mol. The Morgan fingerprint density at radius 1 is 0.700 bits per heavy atom. The molecule has 0 bridgehead atoms. The van der Waals surface area contributed by atoms with E-state index in [1.807, 2.05) is 32.8 Å². The highest BCUT2D eigenvalue weighted by molar-refractivity contribution is 5.90. The van der Waals surface area contributed by atoms with E-state index in [4.69, 9.17) is 0 Å². The minimum Gasteiger partial charge on any atom is -0.188 e. The van der Waals surface area contributed by atoms with Crippen molar-refractivity contribution in [1.82, 2.24) is 0 Å². The molecule has 0 N–H and O–H groups in total. The molecule has 0 atom stereocenters. The second-order valence-corrected chi connectivity index (χ2v) is 9.32.